The van der Waals surface area contributed by atoms with E-state index >= 15 is 0 Å². The molecule has 3 heterocycles. The minimum Gasteiger partial charge on any atom is -0.456 e. The quantitative estimate of drug-likeness (QED) is 0.187. The molecule has 0 saturated carbocycles. The van der Waals surface area contributed by atoms with Gasteiger partial charge in [0.1, 0.15) is 22.3 Å². The first-order valence-electron chi connectivity index (χ1n) is 16.6. The maximum Gasteiger partial charge on any atom is 0.164 e. The van der Waals surface area contributed by atoms with E-state index in [1.165, 1.54) is 11.1 Å². The van der Waals surface area contributed by atoms with Crippen molar-refractivity contribution in [3.8, 4) is 56.4 Å². The van der Waals surface area contributed by atoms with Crippen LogP contribution in [0.4, 0.5) is 0 Å². The van der Waals surface area contributed by atoms with Gasteiger partial charge in [0.05, 0.1) is 0 Å². The van der Waals surface area contributed by atoms with Crippen LogP contribution in [0.25, 0.3) is 100 Å². The zero-order valence-corrected chi connectivity index (χ0v) is 26.7. The summed E-state index contributed by atoms with van der Waals surface area (Å²) in [4.78, 5) is 15.3. The van der Waals surface area contributed by atoms with Crippen LogP contribution in [-0.2, 0) is 0 Å². The molecule has 5 nitrogen and oxygen atoms in total. The van der Waals surface area contributed by atoms with Crippen LogP contribution in [0.5, 0.6) is 0 Å². The molecule has 10 aromatic rings. The second-order valence-electron chi connectivity index (χ2n) is 12.4. The highest BCUT2D eigenvalue weighted by Gasteiger charge is 2.20. The number of fused-ring (bicyclic) bond motifs is 6. The van der Waals surface area contributed by atoms with Crippen molar-refractivity contribution in [2.75, 3.05) is 0 Å². The van der Waals surface area contributed by atoms with E-state index in [0.717, 1.165) is 71.7 Å². The summed E-state index contributed by atoms with van der Waals surface area (Å²) >= 11 is 0. The second kappa shape index (κ2) is 11.4. The predicted octanol–water partition coefficient (Wildman–Crippen LogP) is 12.0. The Kier molecular flexibility index (Phi) is 6.42. The molecule has 0 aliphatic rings. The molecule has 5 heteroatoms. The first-order chi connectivity index (χ1) is 24.7. The molecule has 7 aromatic carbocycles. The van der Waals surface area contributed by atoms with Crippen molar-refractivity contribution in [2.24, 2.45) is 0 Å². The Labute approximate surface area is 287 Å². The van der Waals surface area contributed by atoms with E-state index in [1.54, 1.807) is 0 Å². The zero-order chi connectivity index (χ0) is 33.0. The number of furan rings is 2. The summed E-state index contributed by atoms with van der Waals surface area (Å²) in [5.41, 5.74) is 10.4. The molecule has 0 spiro atoms. The third-order valence-electron chi connectivity index (χ3n) is 9.33. The number of aromatic nitrogens is 3. The van der Waals surface area contributed by atoms with E-state index in [4.69, 9.17) is 23.8 Å². The van der Waals surface area contributed by atoms with Gasteiger partial charge in [-0.1, -0.05) is 127 Å². The summed E-state index contributed by atoms with van der Waals surface area (Å²) in [5, 5.41) is 4.05. The van der Waals surface area contributed by atoms with Crippen LogP contribution in [0.3, 0.4) is 0 Å². The zero-order valence-electron chi connectivity index (χ0n) is 26.7. The van der Waals surface area contributed by atoms with Gasteiger partial charge in [-0.05, 0) is 52.6 Å². The van der Waals surface area contributed by atoms with Gasteiger partial charge in [0, 0.05) is 44.3 Å². The van der Waals surface area contributed by atoms with Crippen LogP contribution in [0.15, 0.2) is 173 Å². The molecule has 0 saturated heterocycles. The van der Waals surface area contributed by atoms with Crippen molar-refractivity contribution >= 4 is 43.9 Å². The molecule has 0 N–H and O–H groups in total. The molecule has 0 bridgehead atoms. The third kappa shape index (κ3) is 4.75. The Balaban J connectivity index is 1.16. The van der Waals surface area contributed by atoms with Crippen LogP contribution in [0, 0.1) is 0 Å². The number of para-hydroxylation sites is 1. The van der Waals surface area contributed by atoms with E-state index < -0.39 is 0 Å². The Morgan fingerprint density at radius 3 is 1.60 bits per heavy atom. The summed E-state index contributed by atoms with van der Waals surface area (Å²) < 4.78 is 12.6. The molecule has 50 heavy (non-hydrogen) atoms. The van der Waals surface area contributed by atoms with Gasteiger partial charge in [0.15, 0.2) is 17.5 Å². The molecule has 0 fully saturated rings. The summed E-state index contributed by atoms with van der Waals surface area (Å²) in [7, 11) is 0. The fraction of sp³-hybridized carbons (Fsp3) is 0. The summed E-state index contributed by atoms with van der Waals surface area (Å²) in [6, 6.07) is 55.9. The van der Waals surface area contributed by atoms with Crippen molar-refractivity contribution in [1.82, 2.24) is 15.0 Å². The SMILES string of the molecule is c1ccc(-c2cccc(-c3cccc(-c4nc(-c5ccccc5)nc(-c5cccc6oc7cc8oc9ccccc9c8cc7c56)n4)c3)c2)cc1. The van der Waals surface area contributed by atoms with Crippen LogP contribution < -0.4 is 0 Å². The molecule has 0 unspecified atom stereocenters. The Morgan fingerprint density at radius 1 is 0.300 bits per heavy atom. The molecular formula is C45H27N3O2. The van der Waals surface area contributed by atoms with Crippen molar-refractivity contribution in [3.05, 3.63) is 164 Å². The highest BCUT2D eigenvalue weighted by atomic mass is 16.3. The lowest BCUT2D eigenvalue weighted by atomic mass is 9.98. The van der Waals surface area contributed by atoms with E-state index in [2.05, 4.69) is 91.0 Å². The number of nitrogens with zero attached hydrogens (tertiary/aromatic N) is 3. The van der Waals surface area contributed by atoms with Crippen LogP contribution in [-0.4, -0.2) is 15.0 Å². The van der Waals surface area contributed by atoms with E-state index in [-0.39, 0.29) is 0 Å². The van der Waals surface area contributed by atoms with Crippen molar-refractivity contribution in [2.45, 2.75) is 0 Å². The fourth-order valence-corrected chi connectivity index (χ4v) is 6.92. The molecule has 0 aliphatic heterocycles. The van der Waals surface area contributed by atoms with Crippen LogP contribution >= 0.6 is 0 Å². The maximum atomic E-state index is 6.42. The third-order valence-corrected chi connectivity index (χ3v) is 9.33. The Bertz CT molecular complexity index is 2870. The topological polar surface area (TPSA) is 65.0 Å². The van der Waals surface area contributed by atoms with Gasteiger partial charge >= 0.3 is 0 Å². The van der Waals surface area contributed by atoms with E-state index in [1.807, 2.05) is 72.8 Å². The van der Waals surface area contributed by atoms with Crippen molar-refractivity contribution in [3.63, 3.8) is 0 Å². The smallest absolute Gasteiger partial charge is 0.164 e. The number of benzene rings is 7. The molecule has 0 aliphatic carbocycles. The van der Waals surface area contributed by atoms with Crippen LogP contribution in [0.2, 0.25) is 0 Å². The number of rotatable bonds is 5. The second-order valence-corrected chi connectivity index (χ2v) is 12.4. The Morgan fingerprint density at radius 2 is 0.820 bits per heavy atom. The highest BCUT2D eigenvalue weighted by Crippen LogP contribution is 2.40. The van der Waals surface area contributed by atoms with Gasteiger partial charge in [0.25, 0.3) is 0 Å². The lowest BCUT2D eigenvalue weighted by Gasteiger charge is -2.11. The monoisotopic (exact) mass is 641 g/mol. The minimum absolute atomic E-state index is 0.579. The van der Waals surface area contributed by atoms with Crippen LogP contribution in [0.1, 0.15) is 0 Å². The lowest BCUT2D eigenvalue weighted by molar-refractivity contribution is 0.656. The normalized spacial score (nSPS) is 11.6. The Hall–Kier alpha value is -6.85. The average Bonchev–Trinajstić information content (AvgIpc) is 3.75. The van der Waals surface area contributed by atoms with Gasteiger partial charge in [-0.3, -0.25) is 0 Å². The summed E-state index contributed by atoms with van der Waals surface area (Å²) in [6.45, 7) is 0. The van der Waals surface area contributed by atoms with Gasteiger partial charge < -0.3 is 8.83 Å². The average molecular weight is 642 g/mol. The molecule has 0 amide bonds. The minimum atomic E-state index is 0.579. The first-order valence-corrected chi connectivity index (χ1v) is 16.6. The summed E-state index contributed by atoms with van der Waals surface area (Å²) in [5.74, 6) is 1.79. The molecule has 3 aromatic heterocycles. The summed E-state index contributed by atoms with van der Waals surface area (Å²) in [6.07, 6.45) is 0. The fourth-order valence-electron chi connectivity index (χ4n) is 6.92. The maximum absolute atomic E-state index is 6.42. The van der Waals surface area contributed by atoms with Gasteiger partial charge in [-0.25, -0.2) is 15.0 Å². The molecule has 10 rings (SSSR count). The highest BCUT2D eigenvalue weighted by molar-refractivity contribution is 6.18. The van der Waals surface area contributed by atoms with Crippen molar-refractivity contribution < 1.29 is 8.83 Å². The largest absolute Gasteiger partial charge is 0.456 e. The van der Waals surface area contributed by atoms with Crippen molar-refractivity contribution in [1.29, 1.82) is 0 Å². The predicted molar refractivity (Wildman–Crippen MR) is 202 cm³/mol. The number of hydrogen-bond acceptors (Lipinski definition) is 5. The molecule has 0 atom stereocenters. The van der Waals surface area contributed by atoms with Gasteiger partial charge in [-0.15, -0.1) is 0 Å². The lowest BCUT2D eigenvalue weighted by Crippen LogP contribution is -2.00. The van der Waals surface area contributed by atoms with Gasteiger partial charge in [-0.2, -0.15) is 0 Å². The first kappa shape index (κ1) is 28.2. The molecular weight excluding hydrogens is 615 g/mol. The standard InChI is InChI=1S/C45H27N3O2/c1-3-12-28(13-4-1)30-16-9-17-31(24-30)32-18-10-19-33(25-32)44-46-43(29-14-5-2-6-15-29)47-45(48-44)35-21-11-23-39-42(35)37-26-36-34-20-7-8-22-38(34)49-40(36)27-41(37)50-39/h1-27H. The molecule has 0 radical (unpaired) electrons. The molecule has 234 valence electrons. The van der Waals surface area contributed by atoms with E-state index in [9.17, 15) is 0 Å². The number of hydrogen-bond donors (Lipinski definition) is 0. The van der Waals surface area contributed by atoms with E-state index in [0.29, 0.717) is 17.5 Å². The van der Waals surface area contributed by atoms with Gasteiger partial charge in [0.2, 0.25) is 0 Å².